The number of ether oxygens (including phenoxy) is 4. The van der Waals surface area contributed by atoms with E-state index in [-0.39, 0.29) is 0 Å². The maximum atomic E-state index is 7.68. The summed E-state index contributed by atoms with van der Waals surface area (Å²) in [7, 11) is -4.45. The van der Waals surface area contributed by atoms with Crippen LogP contribution in [0, 0.1) is 27.7 Å². The third kappa shape index (κ3) is 11.7. The normalized spacial score (nSPS) is 11.3. The van der Waals surface area contributed by atoms with E-state index in [1.807, 2.05) is 0 Å². The number of benzene rings is 4. The van der Waals surface area contributed by atoms with Crippen molar-refractivity contribution >= 4 is 38.8 Å². The predicted octanol–water partition coefficient (Wildman–Crippen LogP) is 8.03. The molecule has 0 saturated carbocycles. The summed E-state index contributed by atoms with van der Waals surface area (Å²) < 4.78 is 32.4. The first-order valence-electron chi connectivity index (χ1n) is 19.4. The van der Waals surface area contributed by atoms with Crippen LogP contribution in [-0.4, -0.2) is 44.5 Å². The average Bonchev–Trinajstić information content (AvgIpc) is 3.12. The van der Waals surface area contributed by atoms with E-state index in [2.05, 4.69) is 128 Å². The standard InChI is InChI=1S/C44H62O5Si2/c1-9-13-25-45-41-21-17-37(29-33(41)5)50(38-18-22-42(34(6)30-38)46-26-14-10-2)49-51(39-19-23-43(35(7)31-39)47-27-15-11-3)40-20-24-44(36(8)32-40)48-28-16-12-4/h17-24,29-32,50-51H,9-16,25-28H2,1-8H3. The lowest BCUT2D eigenvalue weighted by atomic mass is 10.2. The van der Waals surface area contributed by atoms with Crippen LogP contribution in [0.15, 0.2) is 72.8 Å². The first kappa shape index (κ1) is 40.2. The van der Waals surface area contributed by atoms with Crippen molar-refractivity contribution in [3.8, 4) is 23.0 Å². The van der Waals surface area contributed by atoms with Crippen LogP contribution in [0.25, 0.3) is 0 Å². The average molecular weight is 727 g/mol. The van der Waals surface area contributed by atoms with Crippen LogP contribution in [0.5, 0.6) is 23.0 Å². The van der Waals surface area contributed by atoms with E-state index >= 15 is 0 Å². The lowest BCUT2D eigenvalue weighted by molar-refractivity contribution is 0.307. The minimum absolute atomic E-state index is 0.733. The molecule has 0 fully saturated rings. The molecule has 0 aliphatic heterocycles. The molecule has 0 N–H and O–H groups in total. The van der Waals surface area contributed by atoms with Crippen molar-refractivity contribution in [3.63, 3.8) is 0 Å². The molecule has 4 rings (SSSR count). The van der Waals surface area contributed by atoms with Gasteiger partial charge in [-0.25, -0.2) is 0 Å². The summed E-state index contributed by atoms with van der Waals surface area (Å²) in [6.45, 7) is 20.3. The van der Waals surface area contributed by atoms with Gasteiger partial charge in [0.2, 0.25) is 18.1 Å². The molecule has 0 heterocycles. The maximum absolute atomic E-state index is 7.68. The monoisotopic (exact) mass is 726 g/mol. The third-order valence-electron chi connectivity index (χ3n) is 9.30. The highest BCUT2D eigenvalue weighted by atomic mass is 28.4. The van der Waals surface area contributed by atoms with Crippen molar-refractivity contribution in [3.05, 3.63) is 95.1 Å². The van der Waals surface area contributed by atoms with Gasteiger partial charge in [0.25, 0.3) is 0 Å². The van der Waals surface area contributed by atoms with Gasteiger partial charge in [-0.3, -0.25) is 0 Å². The quantitative estimate of drug-likeness (QED) is 0.0607. The lowest BCUT2D eigenvalue weighted by Crippen LogP contribution is -2.56. The smallest absolute Gasteiger partial charge is 0.228 e. The van der Waals surface area contributed by atoms with Crippen molar-refractivity contribution in [2.45, 2.75) is 107 Å². The Kier molecular flexibility index (Phi) is 16.7. The molecule has 51 heavy (non-hydrogen) atoms. The Labute approximate surface area is 312 Å². The van der Waals surface area contributed by atoms with Gasteiger partial charge in [0.15, 0.2) is 0 Å². The molecule has 0 unspecified atom stereocenters. The molecule has 7 heteroatoms. The van der Waals surface area contributed by atoms with Crippen molar-refractivity contribution in [2.24, 2.45) is 0 Å². The molecule has 5 nitrogen and oxygen atoms in total. The number of unbranched alkanes of at least 4 members (excludes halogenated alkanes) is 4. The highest BCUT2D eigenvalue weighted by Crippen LogP contribution is 2.22. The zero-order valence-corrected chi connectivity index (χ0v) is 34.9. The van der Waals surface area contributed by atoms with E-state index in [9.17, 15) is 0 Å². The van der Waals surface area contributed by atoms with Gasteiger partial charge >= 0.3 is 0 Å². The van der Waals surface area contributed by atoms with Crippen molar-refractivity contribution in [1.82, 2.24) is 0 Å². The number of hydrogen-bond donors (Lipinski definition) is 0. The summed E-state index contributed by atoms with van der Waals surface area (Å²) in [6.07, 6.45) is 8.63. The molecule has 4 aromatic rings. The summed E-state index contributed by atoms with van der Waals surface area (Å²) in [5.74, 6) is 3.81. The molecule has 0 spiro atoms. The molecule has 276 valence electrons. The summed E-state index contributed by atoms with van der Waals surface area (Å²) in [5.41, 5.74) is 4.59. The second-order valence-corrected chi connectivity index (χ2v) is 19.1. The zero-order valence-electron chi connectivity index (χ0n) is 32.6. The van der Waals surface area contributed by atoms with Gasteiger partial charge in [0.1, 0.15) is 23.0 Å². The third-order valence-corrected chi connectivity index (χ3v) is 15.3. The summed E-state index contributed by atoms with van der Waals surface area (Å²) in [4.78, 5) is 0. The molecule has 0 atom stereocenters. The van der Waals surface area contributed by atoms with Crippen LogP contribution < -0.4 is 39.7 Å². The van der Waals surface area contributed by atoms with E-state index in [4.69, 9.17) is 23.1 Å². The molecular formula is C44H62O5Si2. The van der Waals surface area contributed by atoms with Gasteiger partial charge in [0, 0.05) is 0 Å². The van der Waals surface area contributed by atoms with E-state index in [0.717, 1.165) is 123 Å². The van der Waals surface area contributed by atoms with Crippen LogP contribution >= 0.6 is 0 Å². The lowest BCUT2D eigenvalue weighted by Gasteiger charge is -2.27. The fourth-order valence-electron chi connectivity index (χ4n) is 6.13. The summed E-state index contributed by atoms with van der Waals surface area (Å²) in [5, 5.41) is 5.00. The van der Waals surface area contributed by atoms with E-state index in [0.29, 0.717) is 0 Å². The number of hydrogen-bond acceptors (Lipinski definition) is 5. The molecule has 0 amide bonds. The Morgan fingerprint density at radius 1 is 0.373 bits per heavy atom. The molecule has 0 aliphatic carbocycles. The highest BCUT2D eigenvalue weighted by Gasteiger charge is 2.28. The van der Waals surface area contributed by atoms with E-state index in [1.54, 1.807) is 0 Å². The summed E-state index contributed by atoms with van der Waals surface area (Å²) in [6, 6.07) is 26.8. The van der Waals surface area contributed by atoms with Crippen molar-refractivity contribution < 1.29 is 23.1 Å². The largest absolute Gasteiger partial charge is 0.493 e. The van der Waals surface area contributed by atoms with E-state index in [1.165, 1.54) is 20.7 Å². The number of rotatable bonds is 22. The van der Waals surface area contributed by atoms with Crippen molar-refractivity contribution in [2.75, 3.05) is 26.4 Å². The Balaban J connectivity index is 1.80. The Morgan fingerprint density at radius 3 is 0.804 bits per heavy atom. The predicted molar refractivity (Wildman–Crippen MR) is 220 cm³/mol. The maximum Gasteiger partial charge on any atom is 0.228 e. The first-order chi connectivity index (χ1) is 24.8. The number of aryl methyl sites for hydroxylation is 4. The van der Waals surface area contributed by atoms with Crippen LogP contribution in [-0.2, 0) is 4.12 Å². The van der Waals surface area contributed by atoms with Crippen LogP contribution in [0.1, 0.15) is 101 Å². The SMILES string of the molecule is CCCCOc1ccc([SiH](O[SiH](c2ccc(OCCCC)c(C)c2)c2ccc(OCCCC)c(C)c2)c2ccc(OCCCC)c(C)c2)cc1C. The van der Waals surface area contributed by atoms with Crippen LogP contribution in [0.4, 0.5) is 0 Å². The molecule has 0 aromatic heterocycles. The molecule has 0 bridgehead atoms. The van der Waals surface area contributed by atoms with Gasteiger partial charge in [-0.2, -0.15) is 0 Å². The Hall–Kier alpha value is -3.53. The van der Waals surface area contributed by atoms with Crippen LogP contribution in [0.2, 0.25) is 0 Å². The van der Waals surface area contributed by atoms with Gasteiger partial charge in [-0.05, 0) is 121 Å². The van der Waals surface area contributed by atoms with Gasteiger partial charge in [0.05, 0.1) is 26.4 Å². The topological polar surface area (TPSA) is 46.2 Å². The molecule has 0 aliphatic rings. The Morgan fingerprint density at radius 2 is 0.608 bits per heavy atom. The molecule has 0 radical (unpaired) electrons. The van der Waals surface area contributed by atoms with Crippen molar-refractivity contribution in [1.29, 1.82) is 0 Å². The fourth-order valence-corrected chi connectivity index (χ4v) is 13.2. The fraction of sp³-hybridized carbons (Fsp3) is 0.455. The van der Waals surface area contributed by atoms with Crippen LogP contribution in [0.3, 0.4) is 0 Å². The minimum atomic E-state index is -2.23. The molecule has 0 saturated heterocycles. The summed E-state index contributed by atoms with van der Waals surface area (Å²) >= 11 is 0. The van der Waals surface area contributed by atoms with Gasteiger partial charge in [-0.1, -0.05) is 102 Å². The first-order valence-corrected chi connectivity index (χ1v) is 22.6. The van der Waals surface area contributed by atoms with E-state index < -0.39 is 18.1 Å². The highest BCUT2D eigenvalue weighted by molar-refractivity contribution is 6.91. The second-order valence-electron chi connectivity index (χ2n) is 13.8. The second kappa shape index (κ2) is 21.1. The zero-order chi connectivity index (χ0) is 36.6. The van der Waals surface area contributed by atoms with Gasteiger partial charge in [-0.15, -0.1) is 0 Å². The Bertz CT molecular complexity index is 1420. The minimum Gasteiger partial charge on any atom is -0.493 e. The molecule has 4 aromatic carbocycles. The molecular weight excluding hydrogens is 665 g/mol. The van der Waals surface area contributed by atoms with Gasteiger partial charge < -0.3 is 23.1 Å².